The van der Waals surface area contributed by atoms with Gasteiger partial charge in [0.25, 0.3) is 0 Å². The molecule has 0 aliphatic rings. The molecule has 0 aliphatic carbocycles. The van der Waals surface area contributed by atoms with Crippen LogP contribution in [0.2, 0.25) is 0 Å². The van der Waals surface area contributed by atoms with Gasteiger partial charge in [0.05, 0.1) is 12.6 Å². The van der Waals surface area contributed by atoms with Crippen LogP contribution in [0.1, 0.15) is 18.1 Å². The van der Waals surface area contributed by atoms with Crippen LogP contribution in [0, 0.1) is 0 Å². The van der Waals surface area contributed by atoms with Gasteiger partial charge in [-0.1, -0.05) is 170 Å². The quantitative estimate of drug-likeness (QED) is 0.109. The van der Waals surface area contributed by atoms with E-state index < -0.39 is 15.8 Å². The third kappa shape index (κ3) is 7.79. The molecule has 0 aromatic heterocycles. The second-order valence-electron chi connectivity index (χ2n) is 10.8. The van der Waals surface area contributed by atoms with Crippen LogP contribution in [0.3, 0.4) is 0 Å². The molecule has 0 amide bonds. The van der Waals surface area contributed by atoms with Crippen molar-refractivity contribution in [1.82, 2.24) is 0 Å². The van der Waals surface area contributed by atoms with Crippen molar-refractivity contribution in [3.63, 3.8) is 0 Å². The van der Waals surface area contributed by atoms with E-state index in [1.807, 2.05) is 6.21 Å². The van der Waals surface area contributed by atoms with Gasteiger partial charge in [0, 0.05) is 23.6 Å². The lowest BCUT2D eigenvalue weighted by molar-refractivity contribution is 0.761. The molecule has 1 atom stereocenters. The maximum Gasteiger partial charge on any atom is 0.0666 e. The van der Waals surface area contributed by atoms with Crippen molar-refractivity contribution < 1.29 is 0 Å². The van der Waals surface area contributed by atoms with Crippen LogP contribution in [-0.2, 0) is 0 Å². The average molecular weight is 619 g/mol. The molecule has 45 heavy (non-hydrogen) atoms. The number of aliphatic imine (C=N–C) groups is 2. The maximum atomic E-state index is 4.98. The Kier molecular flexibility index (Phi) is 10.5. The molecule has 0 saturated carbocycles. The third-order valence-corrected chi connectivity index (χ3v) is 12.5. The first-order chi connectivity index (χ1) is 22.3. The Bertz CT molecular complexity index is 1760. The monoisotopic (exact) mass is 618 g/mol. The van der Waals surface area contributed by atoms with E-state index in [1.165, 1.54) is 31.8 Å². The zero-order chi connectivity index (χ0) is 30.7. The SMILES string of the molecule is C[C@H](CN=Cc1ccccc1P(c1ccccc1)c1ccccc1)N=Cc1ccccc1P(c1ccccc1)c1ccccc1. The number of hydrogen-bond acceptors (Lipinski definition) is 2. The molecule has 220 valence electrons. The van der Waals surface area contributed by atoms with E-state index in [0.717, 1.165) is 11.1 Å². The summed E-state index contributed by atoms with van der Waals surface area (Å²) in [6.07, 6.45) is 4.09. The highest BCUT2D eigenvalue weighted by Crippen LogP contribution is 2.34. The minimum atomic E-state index is -0.707. The molecule has 4 heteroatoms. The molecule has 2 nitrogen and oxygen atoms in total. The predicted octanol–water partition coefficient (Wildman–Crippen LogP) is 7.13. The van der Waals surface area contributed by atoms with E-state index >= 15 is 0 Å². The van der Waals surface area contributed by atoms with Crippen molar-refractivity contribution in [2.75, 3.05) is 6.54 Å². The summed E-state index contributed by atoms with van der Waals surface area (Å²) >= 11 is 0. The first kappa shape index (κ1) is 30.5. The molecule has 0 unspecified atom stereocenters. The molecule has 0 radical (unpaired) electrons. The van der Waals surface area contributed by atoms with Crippen molar-refractivity contribution in [3.05, 3.63) is 181 Å². The lowest BCUT2D eigenvalue weighted by Crippen LogP contribution is -2.23. The van der Waals surface area contributed by atoms with Gasteiger partial charge in [0.1, 0.15) is 0 Å². The van der Waals surface area contributed by atoms with Crippen molar-refractivity contribution in [1.29, 1.82) is 0 Å². The number of hydrogen-bond donors (Lipinski definition) is 0. The summed E-state index contributed by atoms with van der Waals surface area (Å²) in [5.74, 6) is 0. The molecule has 0 N–H and O–H groups in total. The number of nitrogens with zero attached hydrogens (tertiary/aromatic N) is 2. The first-order valence-electron chi connectivity index (χ1n) is 15.3. The van der Waals surface area contributed by atoms with E-state index in [9.17, 15) is 0 Å². The highest BCUT2D eigenvalue weighted by atomic mass is 31.1. The molecule has 0 saturated heterocycles. The number of benzene rings is 6. The van der Waals surface area contributed by atoms with E-state index in [0.29, 0.717) is 6.54 Å². The summed E-state index contributed by atoms with van der Waals surface area (Å²) < 4.78 is 0. The summed E-state index contributed by atoms with van der Waals surface area (Å²) in [5.41, 5.74) is 2.32. The first-order valence-corrected chi connectivity index (χ1v) is 18.0. The fourth-order valence-electron chi connectivity index (χ4n) is 5.32. The van der Waals surface area contributed by atoms with Crippen LogP contribution in [-0.4, -0.2) is 25.0 Å². The van der Waals surface area contributed by atoms with Crippen molar-refractivity contribution in [2.24, 2.45) is 9.98 Å². The molecule has 0 heterocycles. The summed E-state index contributed by atoms with van der Waals surface area (Å²) in [6, 6.07) is 60.7. The van der Waals surface area contributed by atoms with Gasteiger partial charge in [-0.15, -0.1) is 0 Å². The van der Waals surface area contributed by atoms with Crippen LogP contribution in [0.15, 0.2) is 180 Å². The van der Waals surface area contributed by atoms with Gasteiger partial charge in [-0.25, -0.2) is 0 Å². The van der Waals surface area contributed by atoms with Crippen LogP contribution in [0.4, 0.5) is 0 Å². The average Bonchev–Trinajstić information content (AvgIpc) is 3.11. The van der Waals surface area contributed by atoms with Gasteiger partial charge in [-0.2, -0.15) is 0 Å². The Morgan fingerprint density at radius 2 is 0.778 bits per heavy atom. The largest absolute Gasteiger partial charge is 0.290 e. The van der Waals surface area contributed by atoms with Gasteiger partial charge < -0.3 is 0 Å². The Labute approximate surface area is 269 Å². The summed E-state index contributed by atoms with van der Waals surface area (Å²) in [4.78, 5) is 9.90. The summed E-state index contributed by atoms with van der Waals surface area (Å²) in [6.45, 7) is 2.76. The summed E-state index contributed by atoms with van der Waals surface area (Å²) in [5, 5.41) is 7.97. The topological polar surface area (TPSA) is 24.7 Å². The molecule has 0 spiro atoms. The fraction of sp³-hybridized carbons (Fsp3) is 0.0732. The molecule has 6 aromatic carbocycles. The minimum Gasteiger partial charge on any atom is -0.290 e. The van der Waals surface area contributed by atoms with Crippen LogP contribution < -0.4 is 31.8 Å². The van der Waals surface area contributed by atoms with Crippen molar-refractivity contribution in [3.8, 4) is 0 Å². The fourth-order valence-corrected chi connectivity index (χ4v) is 10.2. The zero-order valence-corrected chi connectivity index (χ0v) is 27.2. The molecule has 6 rings (SSSR count). The van der Waals surface area contributed by atoms with E-state index in [-0.39, 0.29) is 6.04 Å². The predicted molar refractivity (Wildman–Crippen MR) is 200 cm³/mol. The van der Waals surface area contributed by atoms with Crippen LogP contribution in [0.5, 0.6) is 0 Å². The highest BCUT2D eigenvalue weighted by molar-refractivity contribution is 7.80. The molecule has 0 bridgehead atoms. The maximum absolute atomic E-state index is 4.98. The van der Waals surface area contributed by atoms with Gasteiger partial charge in [0.2, 0.25) is 0 Å². The van der Waals surface area contributed by atoms with Gasteiger partial charge in [0.15, 0.2) is 0 Å². The highest BCUT2D eigenvalue weighted by Gasteiger charge is 2.20. The van der Waals surface area contributed by atoms with Crippen molar-refractivity contribution >= 4 is 60.1 Å². The lowest BCUT2D eigenvalue weighted by Gasteiger charge is -2.21. The second kappa shape index (κ2) is 15.5. The molecular formula is C41H36N2P2. The molecular weight excluding hydrogens is 582 g/mol. The van der Waals surface area contributed by atoms with Crippen LogP contribution in [0.25, 0.3) is 0 Å². The molecule has 0 aliphatic heterocycles. The Morgan fingerprint density at radius 1 is 0.444 bits per heavy atom. The lowest BCUT2D eigenvalue weighted by atomic mass is 10.2. The Balaban J connectivity index is 1.23. The van der Waals surface area contributed by atoms with Crippen LogP contribution >= 0.6 is 15.8 Å². The molecule has 0 fully saturated rings. The molecule has 6 aromatic rings. The number of rotatable bonds is 11. The van der Waals surface area contributed by atoms with E-state index in [4.69, 9.17) is 9.98 Å². The summed E-state index contributed by atoms with van der Waals surface area (Å²) in [7, 11) is -1.41. The van der Waals surface area contributed by atoms with Gasteiger partial charge in [-0.3, -0.25) is 9.98 Å². The minimum absolute atomic E-state index is 0.0471. The Morgan fingerprint density at radius 3 is 1.18 bits per heavy atom. The van der Waals surface area contributed by atoms with Crippen molar-refractivity contribution in [2.45, 2.75) is 13.0 Å². The normalized spacial score (nSPS) is 12.3. The second-order valence-corrected chi connectivity index (χ2v) is 15.1. The zero-order valence-electron chi connectivity index (χ0n) is 25.4. The van der Waals surface area contributed by atoms with E-state index in [2.05, 4.69) is 183 Å². The standard InChI is InChI=1S/C41H36N2P2/c1-33(43-32-35-19-15-17-29-41(35)45(38-24-10-4-11-25-38)39-26-12-5-13-27-39)30-42-31-34-18-14-16-28-40(34)44(36-20-6-2-7-21-36)37-22-8-3-9-23-37/h2-29,31-33H,30H2,1H3/t33-/m1/s1. The van der Waals surface area contributed by atoms with Gasteiger partial charge in [-0.05, 0) is 54.6 Å². The smallest absolute Gasteiger partial charge is 0.0666 e. The third-order valence-electron chi connectivity index (χ3n) is 7.48. The van der Waals surface area contributed by atoms with Gasteiger partial charge >= 0.3 is 0 Å². The van der Waals surface area contributed by atoms with E-state index in [1.54, 1.807) is 0 Å². The Hall–Kier alpha value is -4.48.